The molecule has 2 N–H and O–H groups in total. The number of nitrogens with zero attached hydrogens (tertiary/aromatic N) is 2. The molecule has 3 amide bonds. The van der Waals surface area contributed by atoms with Crippen molar-refractivity contribution in [1.29, 1.82) is 0 Å². The number of carbonyl (C=O) groups is 3. The van der Waals surface area contributed by atoms with Crippen LogP contribution >= 0.6 is 11.3 Å². The minimum atomic E-state index is -0.721. The topological polar surface area (TPSA) is 110 Å². The number of nitrogens with one attached hydrogen (secondary N) is 2. The molecule has 0 atom stereocenters. The van der Waals surface area contributed by atoms with Crippen LogP contribution in [0.15, 0.2) is 41.3 Å². The van der Waals surface area contributed by atoms with Gasteiger partial charge in [-0.2, -0.15) is 0 Å². The molecule has 0 saturated heterocycles. The molecular formula is C37H64N4O5S. The number of aromatic nitrogens is 1. The van der Waals surface area contributed by atoms with Gasteiger partial charge in [0.15, 0.2) is 0 Å². The molecule has 0 radical (unpaired) electrons. The summed E-state index contributed by atoms with van der Waals surface area (Å²) in [6.45, 7) is 25.0. The summed E-state index contributed by atoms with van der Waals surface area (Å²) in [5.74, 6) is 0.473. The Morgan fingerprint density at radius 1 is 0.979 bits per heavy atom. The molecule has 0 unspecified atom stereocenters. The van der Waals surface area contributed by atoms with Crippen molar-refractivity contribution in [3.05, 3.63) is 52.0 Å². The van der Waals surface area contributed by atoms with Crippen molar-refractivity contribution >= 4 is 29.1 Å². The second-order valence-electron chi connectivity index (χ2n) is 12.9. The minimum absolute atomic E-state index is 0.0212. The van der Waals surface area contributed by atoms with E-state index in [-0.39, 0.29) is 22.7 Å². The molecule has 1 fully saturated rings. The average molecular weight is 677 g/mol. The Morgan fingerprint density at radius 2 is 1.55 bits per heavy atom. The van der Waals surface area contributed by atoms with Gasteiger partial charge in [-0.1, -0.05) is 79.4 Å². The number of hydrogen-bond donors (Lipinski definition) is 2. The van der Waals surface area contributed by atoms with Crippen LogP contribution < -0.4 is 10.6 Å². The summed E-state index contributed by atoms with van der Waals surface area (Å²) in [4.78, 5) is 41.8. The molecular weight excluding hydrogens is 612 g/mol. The Balaban J connectivity index is 0.000000822. The Bertz CT molecular complexity index is 1130. The Kier molecular flexibility index (Phi) is 22.7. The predicted octanol–water partition coefficient (Wildman–Crippen LogP) is 8.34. The molecule has 0 aliphatic heterocycles. The van der Waals surface area contributed by atoms with Crippen LogP contribution in [0, 0.1) is 5.92 Å². The maximum absolute atomic E-state index is 12.1. The SMILES string of the molecule is C=C(NC(=O)c1csc(CCC)n1)C(=O)NC(=C)C(=O)N(C)CCOC.CC(OC(C)(C)C)=C1CCC1.CCCC(CCC)CCC. The molecule has 1 aliphatic carbocycles. The molecule has 9 nitrogen and oxygen atoms in total. The highest BCUT2D eigenvalue weighted by atomic mass is 32.1. The van der Waals surface area contributed by atoms with Gasteiger partial charge in [-0.25, -0.2) is 4.98 Å². The maximum Gasteiger partial charge on any atom is 0.275 e. The first-order valence-electron chi connectivity index (χ1n) is 17.2. The van der Waals surface area contributed by atoms with E-state index < -0.39 is 17.7 Å². The number of hydrogen-bond acceptors (Lipinski definition) is 7. The molecule has 2 rings (SSSR count). The second-order valence-corrected chi connectivity index (χ2v) is 13.9. The summed E-state index contributed by atoms with van der Waals surface area (Å²) >= 11 is 1.39. The zero-order valence-electron chi connectivity index (χ0n) is 31.1. The molecule has 1 aromatic heterocycles. The fourth-order valence-corrected chi connectivity index (χ4v) is 5.60. The van der Waals surface area contributed by atoms with Crippen LogP contribution in [0.4, 0.5) is 0 Å². The standard InChI is InChI=1S/C17H24N4O4S.C10H18O.C10H22/c1-6-7-14-20-13(10-26-14)16(23)18-11(2)15(22)19-12(3)17(24)21(4)8-9-25-5;1-8(9-6-5-7-9)11-10(2,3)4;1-4-7-10(8-5-2)9-6-3/h10H,2-3,6-9H2,1,4-5H3,(H,18,23)(H,19,22);5-7H2,1-4H3;10H,4-9H2,1-3H3. The van der Waals surface area contributed by atoms with E-state index in [0.717, 1.165) is 29.5 Å². The van der Waals surface area contributed by atoms with Crippen LogP contribution in [0.1, 0.15) is 135 Å². The van der Waals surface area contributed by atoms with Gasteiger partial charge in [-0.05, 0) is 71.3 Å². The van der Waals surface area contributed by atoms with E-state index in [4.69, 9.17) is 9.47 Å². The van der Waals surface area contributed by atoms with E-state index in [9.17, 15) is 14.4 Å². The first-order valence-corrected chi connectivity index (χ1v) is 18.1. The lowest BCUT2D eigenvalue weighted by Gasteiger charge is -2.27. The zero-order chi connectivity index (χ0) is 36.0. The van der Waals surface area contributed by atoms with Crippen LogP contribution in [-0.4, -0.2) is 60.5 Å². The zero-order valence-corrected chi connectivity index (χ0v) is 31.9. The fourth-order valence-electron chi connectivity index (χ4n) is 4.72. The summed E-state index contributed by atoms with van der Waals surface area (Å²) in [6.07, 6.45) is 14.0. The highest BCUT2D eigenvalue weighted by molar-refractivity contribution is 7.09. The van der Waals surface area contributed by atoms with E-state index in [1.54, 1.807) is 12.4 Å². The molecule has 1 saturated carbocycles. The van der Waals surface area contributed by atoms with Gasteiger partial charge in [0.2, 0.25) is 0 Å². The third-order valence-electron chi connectivity index (χ3n) is 7.29. The number of rotatable bonds is 17. The number of amides is 3. The lowest BCUT2D eigenvalue weighted by atomic mass is 9.91. The van der Waals surface area contributed by atoms with Gasteiger partial charge >= 0.3 is 0 Å². The quantitative estimate of drug-likeness (QED) is 0.127. The first kappa shape index (κ1) is 44.0. The normalized spacial score (nSPS) is 12.0. The van der Waals surface area contributed by atoms with Crippen molar-refractivity contribution in [2.24, 2.45) is 5.92 Å². The van der Waals surface area contributed by atoms with E-state index in [1.165, 1.54) is 86.7 Å². The van der Waals surface area contributed by atoms with Crippen LogP contribution in [0.2, 0.25) is 0 Å². The van der Waals surface area contributed by atoms with Crippen molar-refractivity contribution in [3.63, 3.8) is 0 Å². The van der Waals surface area contributed by atoms with Crippen molar-refractivity contribution in [2.45, 2.75) is 132 Å². The van der Waals surface area contributed by atoms with E-state index in [2.05, 4.69) is 77.2 Å². The summed E-state index contributed by atoms with van der Waals surface area (Å²) in [5.41, 5.74) is 1.39. The monoisotopic (exact) mass is 676 g/mol. The maximum atomic E-state index is 12.1. The molecule has 268 valence electrons. The van der Waals surface area contributed by atoms with Crippen LogP contribution in [0.5, 0.6) is 0 Å². The Morgan fingerprint density at radius 3 is 2.00 bits per heavy atom. The van der Waals surface area contributed by atoms with Crippen LogP contribution in [-0.2, 0) is 25.5 Å². The number of likely N-dealkylation sites (N-methyl/N-ethyl adjacent to an activating group) is 1. The van der Waals surface area contributed by atoms with E-state index in [0.29, 0.717) is 13.2 Å². The molecule has 1 aliphatic rings. The molecule has 0 aromatic carbocycles. The van der Waals surface area contributed by atoms with Gasteiger partial charge < -0.3 is 25.0 Å². The smallest absolute Gasteiger partial charge is 0.275 e. The van der Waals surface area contributed by atoms with Crippen molar-refractivity contribution in [2.75, 3.05) is 27.3 Å². The highest BCUT2D eigenvalue weighted by Gasteiger charge is 2.20. The summed E-state index contributed by atoms with van der Waals surface area (Å²) in [5, 5.41) is 7.17. The van der Waals surface area contributed by atoms with E-state index in [1.807, 2.05) is 6.92 Å². The fraction of sp³-hybridized carbons (Fsp3) is 0.676. The van der Waals surface area contributed by atoms with Gasteiger partial charge in [0.05, 0.1) is 28.8 Å². The molecule has 47 heavy (non-hydrogen) atoms. The summed E-state index contributed by atoms with van der Waals surface area (Å²) in [6, 6.07) is 0. The first-order chi connectivity index (χ1) is 22.1. The molecule has 10 heteroatoms. The number of carbonyl (C=O) groups excluding carboxylic acids is 3. The lowest BCUT2D eigenvalue weighted by Crippen LogP contribution is -2.40. The lowest BCUT2D eigenvalue weighted by molar-refractivity contribution is -0.128. The molecule has 1 heterocycles. The van der Waals surface area contributed by atoms with Gasteiger partial charge in [0, 0.05) is 26.1 Å². The molecule has 0 bridgehead atoms. The highest BCUT2D eigenvalue weighted by Crippen LogP contribution is 2.30. The van der Waals surface area contributed by atoms with Crippen molar-refractivity contribution in [1.82, 2.24) is 20.5 Å². The summed E-state index contributed by atoms with van der Waals surface area (Å²) < 4.78 is 10.6. The number of methoxy groups -OCH3 is 1. The molecule has 0 spiro atoms. The third kappa shape index (κ3) is 19.4. The summed E-state index contributed by atoms with van der Waals surface area (Å²) in [7, 11) is 3.08. The third-order valence-corrected chi connectivity index (χ3v) is 8.20. The average Bonchev–Trinajstić information content (AvgIpc) is 3.43. The second kappa shape index (κ2) is 24.2. The molecule has 1 aromatic rings. The number of aryl methyl sites for hydroxylation is 1. The van der Waals surface area contributed by atoms with E-state index >= 15 is 0 Å². The van der Waals surface area contributed by atoms with Gasteiger partial charge in [-0.3, -0.25) is 14.4 Å². The van der Waals surface area contributed by atoms with Gasteiger partial charge in [0.25, 0.3) is 17.7 Å². The van der Waals surface area contributed by atoms with Gasteiger partial charge in [-0.15, -0.1) is 11.3 Å². The van der Waals surface area contributed by atoms with Gasteiger partial charge in [0.1, 0.15) is 11.3 Å². The van der Waals surface area contributed by atoms with Crippen LogP contribution in [0.3, 0.4) is 0 Å². The number of thiazole rings is 1. The largest absolute Gasteiger partial charge is 0.493 e. The number of ether oxygens (including phenoxy) is 2. The minimum Gasteiger partial charge on any atom is -0.493 e. The van der Waals surface area contributed by atoms with Crippen LogP contribution in [0.25, 0.3) is 0 Å². The Hall–Kier alpha value is -2.98. The number of allylic oxidation sites excluding steroid dienone is 2. The predicted molar refractivity (Wildman–Crippen MR) is 195 cm³/mol. The van der Waals surface area contributed by atoms with Crippen molar-refractivity contribution < 1.29 is 23.9 Å². The Labute approximate surface area is 289 Å². The van der Waals surface area contributed by atoms with Crippen molar-refractivity contribution in [3.8, 4) is 0 Å².